The van der Waals surface area contributed by atoms with Crippen molar-refractivity contribution in [2.75, 3.05) is 19.7 Å². The lowest BCUT2D eigenvalue weighted by molar-refractivity contribution is 0.0620. The molecule has 2 heterocycles. The van der Waals surface area contributed by atoms with Crippen LogP contribution in [0.25, 0.3) is 0 Å². The van der Waals surface area contributed by atoms with Gasteiger partial charge < -0.3 is 15.3 Å². The zero-order valence-electron chi connectivity index (χ0n) is 11.1. The molecule has 0 bridgehead atoms. The quantitative estimate of drug-likeness (QED) is 0.838. The van der Waals surface area contributed by atoms with Crippen LogP contribution in [-0.4, -0.2) is 35.6 Å². The molecule has 1 fully saturated rings. The first-order valence-corrected chi connectivity index (χ1v) is 7.00. The molecule has 2 N–H and O–H groups in total. The predicted octanol–water partition coefficient (Wildman–Crippen LogP) is 1.13. The molecule has 0 spiro atoms. The molecular weight excluding hydrogens is 240 g/mol. The molecule has 1 amide bonds. The largest absolute Gasteiger partial charge is 0.396 e. The van der Waals surface area contributed by atoms with Crippen LogP contribution in [0.15, 0.2) is 18.2 Å². The first-order valence-electron chi connectivity index (χ1n) is 7.00. The molecule has 1 aromatic rings. The molecule has 2 aliphatic heterocycles. The normalized spacial score (nSPS) is 22.4. The van der Waals surface area contributed by atoms with E-state index in [1.54, 1.807) is 0 Å². The third-order valence-corrected chi connectivity index (χ3v) is 4.15. The number of rotatable bonds is 2. The molecule has 4 nitrogen and oxygen atoms in total. The van der Waals surface area contributed by atoms with E-state index in [1.807, 2.05) is 17.0 Å². The minimum Gasteiger partial charge on any atom is -0.396 e. The fourth-order valence-corrected chi connectivity index (χ4v) is 3.01. The van der Waals surface area contributed by atoms with Gasteiger partial charge in [-0.15, -0.1) is 0 Å². The van der Waals surface area contributed by atoms with Gasteiger partial charge in [0.15, 0.2) is 0 Å². The molecule has 1 saturated heterocycles. The molecule has 2 aliphatic rings. The summed E-state index contributed by atoms with van der Waals surface area (Å²) in [6.07, 6.45) is 2.01. The molecule has 3 rings (SSSR count). The third-order valence-electron chi connectivity index (χ3n) is 4.15. The summed E-state index contributed by atoms with van der Waals surface area (Å²) < 4.78 is 0. The molecule has 1 atom stereocenters. The second-order valence-corrected chi connectivity index (χ2v) is 5.53. The van der Waals surface area contributed by atoms with Crippen molar-refractivity contribution in [3.8, 4) is 0 Å². The molecule has 19 heavy (non-hydrogen) atoms. The Hall–Kier alpha value is -1.39. The Morgan fingerprint density at radius 1 is 1.37 bits per heavy atom. The van der Waals surface area contributed by atoms with Gasteiger partial charge in [0, 0.05) is 38.3 Å². The van der Waals surface area contributed by atoms with Gasteiger partial charge in [-0.25, -0.2) is 0 Å². The zero-order valence-corrected chi connectivity index (χ0v) is 11.1. The van der Waals surface area contributed by atoms with E-state index in [0.29, 0.717) is 6.54 Å². The lowest BCUT2D eigenvalue weighted by atomic mass is 9.98. The van der Waals surface area contributed by atoms with E-state index in [-0.39, 0.29) is 18.4 Å². The zero-order chi connectivity index (χ0) is 13.2. The third kappa shape index (κ3) is 2.51. The van der Waals surface area contributed by atoms with Gasteiger partial charge in [-0.05, 0) is 42.0 Å². The Balaban J connectivity index is 1.76. The predicted molar refractivity (Wildman–Crippen MR) is 72.7 cm³/mol. The number of amides is 1. The average Bonchev–Trinajstić information content (AvgIpc) is 2.94. The van der Waals surface area contributed by atoms with Crippen LogP contribution in [0.2, 0.25) is 0 Å². The van der Waals surface area contributed by atoms with Crippen LogP contribution in [-0.2, 0) is 13.1 Å². The standard InChI is InChI=1S/C15H20N2O2/c18-10-11-2-1-5-17(9-11)15(19)12-3-4-13-7-16-8-14(13)6-12/h3-4,6,11,16,18H,1-2,5,7-10H2. The van der Waals surface area contributed by atoms with Gasteiger partial charge in [-0.3, -0.25) is 4.79 Å². The van der Waals surface area contributed by atoms with Gasteiger partial charge in [0.2, 0.25) is 0 Å². The number of nitrogens with zero attached hydrogens (tertiary/aromatic N) is 1. The summed E-state index contributed by atoms with van der Waals surface area (Å²) in [5, 5.41) is 12.5. The van der Waals surface area contributed by atoms with Crippen LogP contribution in [0, 0.1) is 5.92 Å². The topological polar surface area (TPSA) is 52.6 Å². The number of likely N-dealkylation sites (tertiary alicyclic amines) is 1. The van der Waals surface area contributed by atoms with Crippen LogP contribution >= 0.6 is 0 Å². The fourth-order valence-electron chi connectivity index (χ4n) is 3.01. The monoisotopic (exact) mass is 260 g/mol. The van der Waals surface area contributed by atoms with Crippen molar-refractivity contribution in [3.63, 3.8) is 0 Å². The van der Waals surface area contributed by atoms with Crippen molar-refractivity contribution in [3.05, 3.63) is 34.9 Å². The highest BCUT2D eigenvalue weighted by Gasteiger charge is 2.24. The summed E-state index contributed by atoms with van der Waals surface area (Å²) in [5.41, 5.74) is 3.31. The average molecular weight is 260 g/mol. The molecule has 1 unspecified atom stereocenters. The van der Waals surface area contributed by atoms with E-state index in [0.717, 1.165) is 38.0 Å². The Morgan fingerprint density at radius 3 is 3.05 bits per heavy atom. The van der Waals surface area contributed by atoms with Gasteiger partial charge in [0.25, 0.3) is 5.91 Å². The lowest BCUT2D eigenvalue weighted by Gasteiger charge is -2.32. The summed E-state index contributed by atoms with van der Waals surface area (Å²) in [7, 11) is 0. The summed E-state index contributed by atoms with van der Waals surface area (Å²) >= 11 is 0. The SMILES string of the molecule is O=C(c1ccc2c(c1)CNC2)N1CCCC(CO)C1. The number of benzene rings is 1. The van der Waals surface area contributed by atoms with E-state index in [4.69, 9.17) is 0 Å². The Morgan fingerprint density at radius 2 is 2.21 bits per heavy atom. The smallest absolute Gasteiger partial charge is 0.253 e. The molecule has 0 saturated carbocycles. The summed E-state index contributed by atoms with van der Waals surface area (Å²) in [6, 6.07) is 5.99. The first kappa shape index (κ1) is 12.6. The van der Waals surface area contributed by atoms with Crippen LogP contribution in [0.5, 0.6) is 0 Å². The van der Waals surface area contributed by atoms with Gasteiger partial charge in [0.1, 0.15) is 0 Å². The molecule has 4 heteroatoms. The number of hydrogen-bond donors (Lipinski definition) is 2. The van der Waals surface area contributed by atoms with Gasteiger partial charge in [0.05, 0.1) is 0 Å². The lowest BCUT2D eigenvalue weighted by Crippen LogP contribution is -2.40. The van der Waals surface area contributed by atoms with Crippen molar-refractivity contribution in [2.45, 2.75) is 25.9 Å². The summed E-state index contributed by atoms with van der Waals surface area (Å²) in [5.74, 6) is 0.349. The van der Waals surface area contributed by atoms with Crippen molar-refractivity contribution in [1.29, 1.82) is 0 Å². The van der Waals surface area contributed by atoms with Gasteiger partial charge in [-0.2, -0.15) is 0 Å². The van der Waals surface area contributed by atoms with E-state index in [1.165, 1.54) is 11.1 Å². The van der Waals surface area contributed by atoms with Crippen molar-refractivity contribution in [2.24, 2.45) is 5.92 Å². The Kier molecular flexibility index (Phi) is 3.53. The van der Waals surface area contributed by atoms with Crippen LogP contribution in [0.3, 0.4) is 0 Å². The number of carbonyl (C=O) groups is 1. The van der Waals surface area contributed by atoms with E-state index in [2.05, 4.69) is 11.4 Å². The number of fused-ring (bicyclic) bond motifs is 1. The maximum Gasteiger partial charge on any atom is 0.253 e. The number of aliphatic hydroxyl groups excluding tert-OH is 1. The van der Waals surface area contributed by atoms with E-state index in [9.17, 15) is 9.90 Å². The first-order chi connectivity index (χ1) is 9.28. The van der Waals surface area contributed by atoms with E-state index < -0.39 is 0 Å². The highest BCUT2D eigenvalue weighted by atomic mass is 16.3. The second kappa shape index (κ2) is 5.31. The minimum atomic E-state index is 0.104. The van der Waals surface area contributed by atoms with Crippen molar-refractivity contribution >= 4 is 5.91 Å². The maximum atomic E-state index is 12.5. The van der Waals surface area contributed by atoms with Gasteiger partial charge in [-0.1, -0.05) is 6.07 Å². The Labute approximate surface area is 113 Å². The van der Waals surface area contributed by atoms with Gasteiger partial charge >= 0.3 is 0 Å². The van der Waals surface area contributed by atoms with Crippen LogP contribution in [0.1, 0.15) is 34.3 Å². The number of hydrogen-bond acceptors (Lipinski definition) is 3. The number of carbonyl (C=O) groups excluding carboxylic acids is 1. The highest BCUT2D eigenvalue weighted by molar-refractivity contribution is 5.94. The molecule has 102 valence electrons. The van der Waals surface area contributed by atoms with Crippen LogP contribution < -0.4 is 5.32 Å². The molecule has 0 aromatic heterocycles. The van der Waals surface area contributed by atoms with Crippen molar-refractivity contribution < 1.29 is 9.90 Å². The van der Waals surface area contributed by atoms with Crippen molar-refractivity contribution in [1.82, 2.24) is 10.2 Å². The minimum absolute atomic E-state index is 0.104. The Bertz CT molecular complexity index is 487. The number of nitrogens with one attached hydrogen (secondary N) is 1. The molecule has 1 aromatic carbocycles. The maximum absolute atomic E-state index is 12.5. The molecule has 0 radical (unpaired) electrons. The molecular formula is C15H20N2O2. The molecule has 0 aliphatic carbocycles. The second-order valence-electron chi connectivity index (χ2n) is 5.53. The number of piperidine rings is 1. The summed E-state index contributed by atoms with van der Waals surface area (Å²) in [4.78, 5) is 14.4. The number of aliphatic hydroxyl groups is 1. The summed E-state index contributed by atoms with van der Waals surface area (Å²) in [6.45, 7) is 3.43. The highest BCUT2D eigenvalue weighted by Crippen LogP contribution is 2.21. The van der Waals surface area contributed by atoms with E-state index >= 15 is 0 Å². The van der Waals surface area contributed by atoms with Crippen LogP contribution in [0.4, 0.5) is 0 Å². The fraction of sp³-hybridized carbons (Fsp3) is 0.533.